The van der Waals surface area contributed by atoms with Gasteiger partial charge in [-0.05, 0) is 12.1 Å². The maximum absolute atomic E-state index is 12.6. The van der Waals surface area contributed by atoms with Crippen LogP contribution in [0, 0.1) is 0 Å². The Bertz CT molecular complexity index is 509. The van der Waals surface area contributed by atoms with Gasteiger partial charge in [-0.25, -0.2) is 4.98 Å². The van der Waals surface area contributed by atoms with Crippen molar-refractivity contribution in [3.8, 4) is 0 Å². The van der Waals surface area contributed by atoms with Crippen molar-refractivity contribution in [2.45, 2.75) is 18.2 Å². The first-order chi connectivity index (χ1) is 8.73. The SMILES string of the molecule is O=C(c1ccnc(Cl)c1)N1CC[C@](O)(C(F)(F)F)C1. The van der Waals surface area contributed by atoms with Crippen molar-refractivity contribution in [1.82, 2.24) is 9.88 Å². The Morgan fingerprint density at radius 1 is 1.53 bits per heavy atom. The first kappa shape index (κ1) is 14.1. The molecule has 2 heterocycles. The van der Waals surface area contributed by atoms with Crippen molar-refractivity contribution in [3.63, 3.8) is 0 Å². The van der Waals surface area contributed by atoms with Gasteiger partial charge < -0.3 is 10.0 Å². The predicted molar refractivity (Wildman–Crippen MR) is 60.8 cm³/mol. The van der Waals surface area contributed by atoms with Gasteiger partial charge in [0.15, 0.2) is 5.60 Å². The number of β-amino-alcohol motifs (C(OH)–C–C–N with tert-alkyl or cyclic N) is 1. The average molecular weight is 295 g/mol. The summed E-state index contributed by atoms with van der Waals surface area (Å²) in [6.45, 7) is -0.927. The van der Waals surface area contributed by atoms with Crippen LogP contribution in [0.5, 0.6) is 0 Å². The number of amides is 1. The number of hydrogen-bond acceptors (Lipinski definition) is 3. The molecule has 8 heteroatoms. The van der Waals surface area contributed by atoms with Crippen LogP contribution in [0.4, 0.5) is 13.2 Å². The lowest BCUT2D eigenvalue weighted by molar-refractivity contribution is -0.253. The number of likely N-dealkylation sites (tertiary alicyclic amines) is 1. The highest BCUT2D eigenvalue weighted by atomic mass is 35.5. The van der Waals surface area contributed by atoms with Crippen molar-refractivity contribution < 1.29 is 23.1 Å². The largest absolute Gasteiger partial charge is 0.419 e. The summed E-state index contributed by atoms with van der Waals surface area (Å²) in [5.41, 5.74) is -2.69. The summed E-state index contributed by atoms with van der Waals surface area (Å²) in [6.07, 6.45) is -3.99. The zero-order valence-corrected chi connectivity index (χ0v) is 10.4. The Morgan fingerprint density at radius 2 is 2.21 bits per heavy atom. The highest BCUT2D eigenvalue weighted by Crippen LogP contribution is 2.37. The fourth-order valence-electron chi connectivity index (χ4n) is 1.92. The fraction of sp³-hybridized carbons (Fsp3) is 0.455. The topological polar surface area (TPSA) is 53.4 Å². The van der Waals surface area contributed by atoms with Gasteiger partial charge in [0.05, 0.1) is 6.54 Å². The third-order valence-corrected chi connectivity index (χ3v) is 3.24. The standard InChI is InChI=1S/C11H10ClF3N2O2/c12-8-5-7(1-3-16-8)9(18)17-4-2-10(19,6-17)11(13,14)15/h1,3,5,19H,2,4,6H2/t10-/m1/s1. The number of pyridine rings is 1. The molecule has 2 rings (SSSR count). The summed E-state index contributed by atoms with van der Waals surface area (Å²) >= 11 is 5.61. The van der Waals surface area contributed by atoms with Gasteiger partial charge in [-0.1, -0.05) is 11.6 Å². The molecule has 0 unspecified atom stereocenters. The van der Waals surface area contributed by atoms with E-state index in [4.69, 9.17) is 11.6 Å². The summed E-state index contributed by atoms with van der Waals surface area (Å²) in [5.74, 6) is -0.607. The van der Waals surface area contributed by atoms with E-state index in [1.54, 1.807) is 0 Å². The molecule has 1 amide bonds. The molecule has 0 aliphatic carbocycles. The summed E-state index contributed by atoms with van der Waals surface area (Å²) in [6, 6.07) is 2.63. The molecule has 1 aromatic heterocycles. The van der Waals surface area contributed by atoms with Crippen LogP contribution in [0.25, 0.3) is 0 Å². The Balaban J connectivity index is 2.16. The van der Waals surface area contributed by atoms with Gasteiger partial charge in [0.25, 0.3) is 5.91 Å². The summed E-state index contributed by atoms with van der Waals surface area (Å²) < 4.78 is 37.9. The number of hydrogen-bond donors (Lipinski definition) is 1. The summed E-state index contributed by atoms with van der Waals surface area (Å²) in [7, 11) is 0. The van der Waals surface area contributed by atoms with Crippen LogP contribution in [0.2, 0.25) is 5.15 Å². The molecule has 0 bridgehead atoms. The molecule has 1 N–H and O–H groups in total. The van der Waals surface area contributed by atoms with E-state index >= 15 is 0 Å². The Labute approximate surface area is 111 Å². The average Bonchev–Trinajstić information content (AvgIpc) is 2.72. The lowest BCUT2D eigenvalue weighted by atomic mass is 10.0. The lowest BCUT2D eigenvalue weighted by Gasteiger charge is -2.25. The third kappa shape index (κ3) is 2.66. The number of alkyl halides is 3. The normalized spacial score (nSPS) is 23.7. The highest BCUT2D eigenvalue weighted by Gasteiger charge is 2.57. The van der Waals surface area contributed by atoms with E-state index in [2.05, 4.69) is 4.98 Å². The van der Waals surface area contributed by atoms with Gasteiger partial charge in [0.1, 0.15) is 5.15 Å². The minimum Gasteiger partial charge on any atom is -0.379 e. The molecule has 1 fully saturated rings. The van der Waals surface area contributed by atoms with E-state index in [9.17, 15) is 23.1 Å². The molecule has 1 aromatic rings. The van der Waals surface area contributed by atoms with Crippen molar-refractivity contribution in [2.24, 2.45) is 0 Å². The maximum atomic E-state index is 12.6. The third-order valence-electron chi connectivity index (χ3n) is 3.04. The maximum Gasteiger partial charge on any atom is 0.419 e. The first-order valence-electron chi connectivity index (χ1n) is 5.43. The molecule has 1 aliphatic rings. The summed E-state index contributed by atoms with van der Waals surface area (Å²) in [4.78, 5) is 16.6. The van der Waals surface area contributed by atoms with Gasteiger partial charge in [-0.2, -0.15) is 13.2 Å². The Hall–Kier alpha value is -1.34. The molecule has 19 heavy (non-hydrogen) atoms. The van der Waals surface area contributed by atoms with Crippen molar-refractivity contribution in [1.29, 1.82) is 0 Å². The van der Waals surface area contributed by atoms with E-state index in [1.165, 1.54) is 18.3 Å². The number of aromatic nitrogens is 1. The zero-order valence-electron chi connectivity index (χ0n) is 9.62. The number of halogens is 4. The van der Waals surface area contributed by atoms with Crippen molar-refractivity contribution in [2.75, 3.05) is 13.1 Å². The highest BCUT2D eigenvalue weighted by molar-refractivity contribution is 6.29. The zero-order chi connectivity index (χ0) is 14.3. The molecule has 4 nitrogen and oxygen atoms in total. The second-order valence-corrected chi connectivity index (χ2v) is 4.76. The number of nitrogens with zero attached hydrogens (tertiary/aromatic N) is 2. The molecule has 104 valence electrons. The van der Waals surface area contributed by atoms with Crippen LogP contribution >= 0.6 is 11.6 Å². The Morgan fingerprint density at radius 3 is 2.74 bits per heavy atom. The van der Waals surface area contributed by atoms with Crippen LogP contribution in [-0.2, 0) is 0 Å². The summed E-state index contributed by atoms with van der Waals surface area (Å²) in [5, 5.41) is 9.57. The van der Waals surface area contributed by atoms with Crippen LogP contribution in [0.15, 0.2) is 18.3 Å². The van der Waals surface area contributed by atoms with Crippen LogP contribution in [0.3, 0.4) is 0 Å². The number of rotatable bonds is 1. The van der Waals surface area contributed by atoms with Crippen LogP contribution in [-0.4, -0.2) is 45.8 Å². The monoisotopic (exact) mass is 294 g/mol. The minimum atomic E-state index is -4.75. The van der Waals surface area contributed by atoms with E-state index in [1.807, 2.05) is 0 Å². The first-order valence-corrected chi connectivity index (χ1v) is 5.81. The second-order valence-electron chi connectivity index (χ2n) is 4.37. The molecule has 1 atom stereocenters. The fourth-order valence-corrected chi connectivity index (χ4v) is 2.09. The minimum absolute atomic E-state index is 0.0798. The smallest absolute Gasteiger partial charge is 0.379 e. The molecular weight excluding hydrogens is 285 g/mol. The number of carbonyl (C=O) groups is 1. The molecule has 0 aromatic carbocycles. The lowest BCUT2D eigenvalue weighted by Crippen LogP contribution is -2.48. The van der Waals surface area contributed by atoms with E-state index in [-0.39, 0.29) is 17.3 Å². The van der Waals surface area contributed by atoms with Gasteiger partial charge >= 0.3 is 6.18 Å². The quantitative estimate of drug-likeness (QED) is 0.805. The van der Waals surface area contributed by atoms with Gasteiger partial charge in [-0.15, -0.1) is 0 Å². The molecule has 0 saturated carbocycles. The number of carbonyl (C=O) groups excluding carboxylic acids is 1. The van der Waals surface area contributed by atoms with Gasteiger partial charge in [0, 0.05) is 24.7 Å². The second kappa shape index (κ2) is 4.64. The Kier molecular flexibility index (Phi) is 3.44. The van der Waals surface area contributed by atoms with E-state index in [0.717, 1.165) is 4.90 Å². The molecular formula is C11H10ClF3N2O2. The van der Waals surface area contributed by atoms with Crippen LogP contribution < -0.4 is 0 Å². The molecule has 1 aliphatic heterocycles. The molecule has 1 saturated heterocycles. The van der Waals surface area contributed by atoms with E-state index in [0.29, 0.717) is 0 Å². The van der Waals surface area contributed by atoms with Crippen LogP contribution in [0.1, 0.15) is 16.8 Å². The van der Waals surface area contributed by atoms with Gasteiger partial charge in [-0.3, -0.25) is 4.79 Å². The predicted octanol–water partition coefficient (Wildman–Crippen LogP) is 1.87. The van der Waals surface area contributed by atoms with Crippen molar-refractivity contribution in [3.05, 3.63) is 29.0 Å². The van der Waals surface area contributed by atoms with Crippen molar-refractivity contribution >= 4 is 17.5 Å². The molecule has 0 radical (unpaired) electrons. The molecule has 0 spiro atoms. The van der Waals surface area contributed by atoms with Gasteiger partial charge in [0.2, 0.25) is 0 Å². The number of aliphatic hydroxyl groups is 1. The van der Waals surface area contributed by atoms with E-state index < -0.39 is 30.7 Å².